The van der Waals surface area contributed by atoms with Crippen LogP contribution in [0, 0.1) is 0 Å². The molecule has 29 heavy (non-hydrogen) atoms. The third-order valence-electron chi connectivity index (χ3n) is 5.06. The number of nitrogens with zero attached hydrogens (tertiary/aromatic N) is 2. The summed E-state index contributed by atoms with van der Waals surface area (Å²) in [5.74, 6) is 1.38. The van der Waals surface area contributed by atoms with E-state index in [1.807, 2.05) is 12.1 Å². The topological polar surface area (TPSA) is 87.2 Å². The van der Waals surface area contributed by atoms with E-state index in [9.17, 15) is 4.79 Å². The van der Waals surface area contributed by atoms with Crippen LogP contribution >= 0.6 is 0 Å². The van der Waals surface area contributed by atoms with Crippen molar-refractivity contribution in [3.63, 3.8) is 0 Å². The van der Waals surface area contributed by atoms with Gasteiger partial charge in [0.1, 0.15) is 5.75 Å². The number of aliphatic imine (C=N–C) groups is 1. The third kappa shape index (κ3) is 7.91. The number of hydrogen-bond donors (Lipinski definition) is 3. The van der Waals surface area contributed by atoms with Gasteiger partial charge in [-0.3, -0.25) is 14.7 Å². The Labute approximate surface area is 174 Å². The molecule has 0 saturated carbocycles. The first kappa shape index (κ1) is 23.0. The second-order valence-corrected chi connectivity index (χ2v) is 7.04. The van der Waals surface area contributed by atoms with Crippen molar-refractivity contribution >= 4 is 11.9 Å². The normalized spacial score (nSPS) is 16.2. The van der Waals surface area contributed by atoms with E-state index in [2.05, 4.69) is 38.0 Å². The number of hydrogen-bond acceptors (Lipinski definition) is 5. The summed E-state index contributed by atoms with van der Waals surface area (Å²) >= 11 is 0. The average molecular weight is 406 g/mol. The van der Waals surface area contributed by atoms with E-state index >= 15 is 0 Å². The molecule has 1 amide bonds. The molecular formula is C21H35N5O3. The van der Waals surface area contributed by atoms with Crippen molar-refractivity contribution in [1.82, 2.24) is 20.9 Å². The molecule has 3 N–H and O–H groups in total. The highest BCUT2D eigenvalue weighted by Crippen LogP contribution is 2.25. The quantitative estimate of drug-likeness (QED) is 0.308. The SMILES string of the molecule is CN=C(NCC(=O)NCCOC)NCC(c1ccc(OC)cc1)N1CCCCC1. The van der Waals surface area contributed by atoms with E-state index in [1.54, 1.807) is 21.3 Å². The molecule has 2 rings (SSSR count). The number of guanidine groups is 1. The van der Waals surface area contributed by atoms with Crippen LogP contribution in [-0.2, 0) is 9.53 Å². The first-order valence-electron chi connectivity index (χ1n) is 10.3. The molecule has 1 aliphatic rings. The minimum absolute atomic E-state index is 0.0901. The van der Waals surface area contributed by atoms with Crippen LogP contribution in [0.1, 0.15) is 30.9 Å². The van der Waals surface area contributed by atoms with Crippen LogP contribution in [-0.4, -0.2) is 77.4 Å². The minimum atomic E-state index is -0.0901. The van der Waals surface area contributed by atoms with Gasteiger partial charge in [-0.2, -0.15) is 0 Å². The van der Waals surface area contributed by atoms with E-state index in [0.29, 0.717) is 25.7 Å². The summed E-state index contributed by atoms with van der Waals surface area (Å²) in [6, 6.07) is 8.49. The van der Waals surface area contributed by atoms with Crippen LogP contribution < -0.4 is 20.7 Å². The fourth-order valence-corrected chi connectivity index (χ4v) is 3.45. The zero-order valence-electron chi connectivity index (χ0n) is 17.9. The minimum Gasteiger partial charge on any atom is -0.497 e. The molecule has 8 nitrogen and oxygen atoms in total. The van der Waals surface area contributed by atoms with Gasteiger partial charge in [0, 0.05) is 27.2 Å². The average Bonchev–Trinajstić information content (AvgIpc) is 2.77. The smallest absolute Gasteiger partial charge is 0.239 e. The molecular weight excluding hydrogens is 370 g/mol. The predicted octanol–water partition coefficient (Wildman–Crippen LogP) is 1.15. The Kier molecular flexibility index (Phi) is 10.3. The largest absolute Gasteiger partial charge is 0.497 e. The number of benzene rings is 1. The molecule has 1 saturated heterocycles. The highest BCUT2D eigenvalue weighted by molar-refractivity contribution is 5.86. The number of carbonyl (C=O) groups excluding carboxylic acids is 1. The van der Waals surface area contributed by atoms with Crippen LogP contribution in [0.5, 0.6) is 5.75 Å². The molecule has 1 fully saturated rings. The molecule has 1 aromatic rings. The molecule has 1 aromatic carbocycles. The maximum Gasteiger partial charge on any atom is 0.239 e. The van der Waals surface area contributed by atoms with Crippen molar-refractivity contribution < 1.29 is 14.3 Å². The first-order valence-corrected chi connectivity index (χ1v) is 10.3. The zero-order valence-corrected chi connectivity index (χ0v) is 17.9. The van der Waals surface area contributed by atoms with Gasteiger partial charge >= 0.3 is 0 Å². The van der Waals surface area contributed by atoms with Crippen LogP contribution in [0.4, 0.5) is 0 Å². The zero-order chi connectivity index (χ0) is 20.9. The van der Waals surface area contributed by atoms with Gasteiger partial charge in [0.2, 0.25) is 5.91 Å². The van der Waals surface area contributed by atoms with Gasteiger partial charge in [0.05, 0.1) is 26.3 Å². The summed E-state index contributed by atoms with van der Waals surface area (Å²) < 4.78 is 10.2. The van der Waals surface area contributed by atoms with Gasteiger partial charge in [-0.25, -0.2) is 0 Å². The Bertz CT molecular complexity index is 630. The van der Waals surface area contributed by atoms with E-state index in [4.69, 9.17) is 9.47 Å². The van der Waals surface area contributed by atoms with E-state index in [1.165, 1.54) is 24.8 Å². The highest BCUT2D eigenvalue weighted by Gasteiger charge is 2.22. The van der Waals surface area contributed by atoms with Crippen molar-refractivity contribution in [2.45, 2.75) is 25.3 Å². The van der Waals surface area contributed by atoms with Crippen LogP contribution in [0.2, 0.25) is 0 Å². The van der Waals surface area contributed by atoms with Crippen LogP contribution in [0.15, 0.2) is 29.3 Å². The molecule has 0 radical (unpaired) electrons. The number of ether oxygens (including phenoxy) is 2. The van der Waals surface area contributed by atoms with Gasteiger partial charge in [0.25, 0.3) is 0 Å². The Morgan fingerprint density at radius 2 is 1.83 bits per heavy atom. The number of carbonyl (C=O) groups is 1. The van der Waals surface area contributed by atoms with E-state index < -0.39 is 0 Å². The Balaban J connectivity index is 1.93. The highest BCUT2D eigenvalue weighted by atomic mass is 16.5. The summed E-state index contributed by atoms with van der Waals surface area (Å²) in [6.07, 6.45) is 3.74. The number of rotatable bonds is 10. The van der Waals surface area contributed by atoms with Gasteiger partial charge in [-0.05, 0) is 43.6 Å². The van der Waals surface area contributed by atoms with Crippen molar-refractivity contribution in [2.24, 2.45) is 4.99 Å². The lowest BCUT2D eigenvalue weighted by atomic mass is 10.0. The lowest BCUT2D eigenvalue weighted by Crippen LogP contribution is -2.47. The van der Waals surface area contributed by atoms with E-state index in [-0.39, 0.29) is 18.5 Å². The van der Waals surface area contributed by atoms with Gasteiger partial charge in [0.15, 0.2) is 5.96 Å². The second-order valence-electron chi connectivity index (χ2n) is 7.04. The molecule has 1 atom stereocenters. The summed E-state index contributed by atoms with van der Waals surface area (Å²) in [6.45, 7) is 4.05. The monoisotopic (exact) mass is 405 g/mol. The number of piperidine rings is 1. The number of nitrogens with one attached hydrogen (secondary N) is 3. The van der Waals surface area contributed by atoms with Crippen LogP contribution in [0.3, 0.4) is 0 Å². The van der Waals surface area contributed by atoms with Gasteiger partial charge in [-0.1, -0.05) is 18.6 Å². The fourth-order valence-electron chi connectivity index (χ4n) is 3.45. The van der Waals surface area contributed by atoms with Crippen molar-refractivity contribution in [3.8, 4) is 5.75 Å². The molecule has 0 aromatic heterocycles. The number of likely N-dealkylation sites (tertiary alicyclic amines) is 1. The molecule has 1 aliphatic heterocycles. The maximum absolute atomic E-state index is 11.9. The third-order valence-corrected chi connectivity index (χ3v) is 5.06. The molecule has 0 aliphatic carbocycles. The first-order chi connectivity index (χ1) is 14.2. The van der Waals surface area contributed by atoms with E-state index in [0.717, 1.165) is 18.8 Å². The lowest BCUT2D eigenvalue weighted by molar-refractivity contribution is -0.120. The predicted molar refractivity (Wildman–Crippen MR) is 115 cm³/mol. The number of amides is 1. The van der Waals surface area contributed by atoms with Crippen LogP contribution in [0.25, 0.3) is 0 Å². The van der Waals surface area contributed by atoms with Gasteiger partial charge in [-0.15, -0.1) is 0 Å². The molecule has 1 unspecified atom stereocenters. The summed E-state index contributed by atoms with van der Waals surface area (Å²) in [5, 5.41) is 9.24. The van der Waals surface area contributed by atoms with Gasteiger partial charge < -0.3 is 25.4 Å². The maximum atomic E-state index is 11.9. The molecule has 162 valence electrons. The summed E-state index contributed by atoms with van der Waals surface area (Å²) in [4.78, 5) is 18.6. The fraction of sp³-hybridized carbons (Fsp3) is 0.619. The molecule has 1 heterocycles. The molecule has 0 spiro atoms. The number of methoxy groups -OCH3 is 2. The van der Waals surface area contributed by atoms with Crippen molar-refractivity contribution in [2.75, 3.05) is 60.6 Å². The summed E-state index contributed by atoms with van der Waals surface area (Å²) in [5.41, 5.74) is 1.24. The molecule has 0 bridgehead atoms. The molecule has 8 heteroatoms. The Morgan fingerprint density at radius 3 is 2.45 bits per heavy atom. The Hall–Kier alpha value is -2.32. The Morgan fingerprint density at radius 1 is 1.10 bits per heavy atom. The standard InChI is InChI=1S/C21H35N5O3/c1-22-21(25-16-20(27)23-11-14-28-2)24-15-19(26-12-5-4-6-13-26)17-7-9-18(29-3)10-8-17/h7-10,19H,4-6,11-16H2,1-3H3,(H,23,27)(H2,22,24,25). The second kappa shape index (κ2) is 13.0. The van der Waals surface area contributed by atoms with Crippen molar-refractivity contribution in [3.05, 3.63) is 29.8 Å². The lowest BCUT2D eigenvalue weighted by Gasteiger charge is -2.35. The summed E-state index contributed by atoms with van der Waals surface area (Å²) in [7, 11) is 5.00. The van der Waals surface area contributed by atoms with Crippen molar-refractivity contribution in [1.29, 1.82) is 0 Å².